The Balaban J connectivity index is 2.23. The number of nitrogens with one attached hydrogen (secondary N) is 1. The Morgan fingerprint density at radius 2 is 2.25 bits per heavy atom. The number of nitrogens with zero attached hydrogens (tertiary/aromatic N) is 1. The Bertz CT molecular complexity index is 432. The van der Waals surface area contributed by atoms with Crippen LogP contribution in [0.2, 0.25) is 5.02 Å². The average Bonchev–Trinajstić information content (AvgIpc) is 3.01. The Morgan fingerprint density at radius 1 is 1.56 bits per heavy atom. The van der Waals surface area contributed by atoms with Gasteiger partial charge in [0.2, 0.25) is 0 Å². The number of carbonyl (C=O) groups is 1. The van der Waals surface area contributed by atoms with Crippen LogP contribution in [0.3, 0.4) is 0 Å². The number of aliphatic hydroxyl groups excluding tert-OH is 1. The molecule has 0 saturated heterocycles. The molecule has 3 N–H and O–H groups in total. The van der Waals surface area contributed by atoms with Crippen molar-refractivity contribution in [2.75, 3.05) is 11.9 Å². The third-order valence-electron chi connectivity index (χ3n) is 2.60. The molecule has 0 atom stereocenters. The molecule has 1 aromatic heterocycles. The number of aromatic carboxylic acids is 1. The summed E-state index contributed by atoms with van der Waals surface area (Å²) >= 11 is 5.69. The van der Waals surface area contributed by atoms with E-state index in [1.165, 1.54) is 6.07 Å². The van der Waals surface area contributed by atoms with Crippen molar-refractivity contribution in [3.05, 3.63) is 22.8 Å². The van der Waals surface area contributed by atoms with Gasteiger partial charge in [-0.3, -0.25) is 0 Å². The van der Waals surface area contributed by atoms with Gasteiger partial charge >= 0.3 is 5.97 Å². The molecule has 0 spiro atoms. The van der Waals surface area contributed by atoms with E-state index in [0.29, 0.717) is 5.82 Å². The first-order valence-corrected chi connectivity index (χ1v) is 5.23. The fraction of sp³-hybridized carbons (Fsp3) is 0.400. The molecule has 86 valence electrons. The lowest BCUT2D eigenvalue weighted by Crippen LogP contribution is -2.26. The van der Waals surface area contributed by atoms with Gasteiger partial charge in [-0.25, -0.2) is 9.78 Å². The first kappa shape index (κ1) is 11.2. The largest absolute Gasteiger partial charge is 0.476 e. The zero-order valence-corrected chi connectivity index (χ0v) is 9.16. The number of hydrogen-bond donors (Lipinski definition) is 3. The van der Waals surface area contributed by atoms with Gasteiger partial charge in [0.15, 0.2) is 5.69 Å². The number of pyridine rings is 1. The lowest BCUT2D eigenvalue weighted by molar-refractivity contribution is 0.0691. The summed E-state index contributed by atoms with van der Waals surface area (Å²) in [6.45, 7) is 0.0136. The molecule has 1 aliphatic carbocycles. The number of aliphatic hydroxyl groups is 1. The lowest BCUT2D eigenvalue weighted by atomic mass is 10.3. The molecule has 16 heavy (non-hydrogen) atoms. The summed E-state index contributed by atoms with van der Waals surface area (Å²) in [5, 5.41) is 21.1. The zero-order chi connectivity index (χ0) is 11.8. The van der Waals surface area contributed by atoms with Gasteiger partial charge in [0, 0.05) is 0 Å². The monoisotopic (exact) mass is 242 g/mol. The summed E-state index contributed by atoms with van der Waals surface area (Å²) in [6, 6.07) is 3.08. The van der Waals surface area contributed by atoms with Crippen molar-refractivity contribution in [3.63, 3.8) is 0 Å². The zero-order valence-electron chi connectivity index (χ0n) is 8.40. The molecule has 2 rings (SSSR count). The van der Waals surface area contributed by atoms with E-state index in [9.17, 15) is 4.79 Å². The summed E-state index contributed by atoms with van der Waals surface area (Å²) in [4.78, 5) is 14.7. The first-order valence-electron chi connectivity index (χ1n) is 4.85. The highest BCUT2D eigenvalue weighted by molar-refractivity contribution is 6.33. The highest BCUT2D eigenvalue weighted by Gasteiger charge is 2.42. The number of aromatic nitrogens is 1. The fourth-order valence-corrected chi connectivity index (χ4v) is 1.59. The predicted octanol–water partition coefficient (Wildman–Crippen LogP) is 1.37. The van der Waals surface area contributed by atoms with Gasteiger partial charge in [-0.2, -0.15) is 0 Å². The van der Waals surface area contributed by atoms with Gasteiger partial charge < -0.3 is 15.5 Å². The van der Waals surface area contributed by atoms with Crippen molar-refractivity contribution in [1.82, 2.24) is 4.98 Å². The van der Waals surface area contributed by atoms with Crippen LogP contribution in [0.4, 0.5) is 5.82 Å². The van der Waals surface area contributed by atoms with E-state index in [1.54, 1.807) is 6.07 Å². The third kappa shape index (κ3) is 2.10. The Labute approximate surface area is 97.1 Å². The van der Waals surface area contributed by atoms with Crippen LogP contribution in [0.25, 0.3) is 0 Å². The molecule has 6 heteroatoms. The normalized spacial score (nSPS) is 16.9. The third-order valence-corrected chi connectivity index (χ3v) is 2.90. The minimum absolute atomic E-state index is 0.0136. The number of halogens is 1. The van der Waals surface area contributed by atoms with E-state index in [0.717, 1.165) is 12.8 Å². The number of rotatable bonds is 4. The van der Waals surface area contributed by atoms with Gasteiger partial charge in [-0.1, -0.05) is 11.6 Å². The van der Waals surface area contributed by atoms with Crippen LogP contribution in [-0.4, -0.2) is 33.3 Å². The van der Waals surface area contributed by atoms with E-state index in [4.69, 9.17) is 21.8 Å². The van der Waals surface area contributed by atoms with Crippen LogP contribution in [0.15, 0.2) is 12.1 Å². The minimum Gasteiger partial charge on any atom is -0.476 e. The standard InChI is InChI=1S/C10H11ClN2O3/c11-6-1-2-7(12-8(6)9(15)16)13-10(5-14)3-4-10/h1-2,14H,3-5H2,(H,12,13)(H,15,16). The maximum absolute atomic E-state index is 10.8. The van der Waals surface area contributed by atoms with Crippen LogP contribution in [0.5, 0.6) is 0 Å². The lowest BCUT2D eigenvalue weighted by Gasteiger charge is -2.15. The topological polar surface area (TPSA) is 82.5 Å². The van der Waals surface area contributed by atoms with Gasteiger partial charge in [0.1, 0.15) is 5.82 Å². The molecule has 0 amide bonds. The molecule has 1 aromatic rings. The van der Waals surface area contributed by atoms with E-state index in [1.807, 2.05) is 0 Å². The van der Waals surface area contributed by atoms with E-state index in [-0.39, 0.29) is 22.9 Å². The predicted molar refractivity (Wildman–Crippen MR) is 58.9 cm³/mol. The van der Waals surface area contributed by atoms with Gasteiger partial charge in [0.05, 0.1) is 17.2 Å². The van der Waals surface area contributed by atoms with Gasteiger partial charge in [-0.15, -0.1) is 0 Å². The van der Waals surface area contributed by atoms with Crippen molar-refractivity contribution >= 4 is 23.4 Å². The van der Waals surface area contributed by atoms with Crippen molar-refractivity contribution in [2.24, 2.45) is 0 Å². The Morgan fingerprint density at radius 3 is 2.75 bits per heavy atom. The summed E-state index contributed by atoms with van der Waals surface area (Å²) in [7, 11) is 0. The second-order valence-corrected chi connectivity index (χ2v) is 4.30. The van der Waals surface area contributed by atoms with Crippen molar-refractivity contribution in [2.45, 2.75) is 18.4 Å². The Kier molecular flexibility index (Phi) is 2.73. The smallest absolute Gasteiger partial charge is 0.356 e. The van der Waals surface area contributed by atoms with Gasteiger partial charge in [-0.05, 0) is 25.0 Å². The number of carboxylic acids is 1. The SMILES string of the molecule is O=C(O)c1nc(NC2(CO)CC2)ccc1Cl. The molecule has 1 aliphatic rings. The van der Waals surface area contributed by atoms with Crippen LogP contribution < -0.4 is 5.32 Å². The summed E-state index contributed by atoms with van der Waals surface area (Å²) in [5.74, 6) is -0.740. The first-order chi connectivity index (χ1) is 7.56. The quantitative estimate of drug-likeness (QED) is 0.743. The van der Waals surface area contributed by atoms with Crippen LogP contribution >= 0.6 is 11.6 Å². The number of carboxylic acid groups (broad SMARTS) is 1. The average molecular weight is 243 g/mol. The Hall–Kier alpha value is -1.33. The molecule has 0 aliphatic heterocycles. The van der Waals surface area contributed by atoms with E-state index in [2.05, 4.69) is 10.3 Å². The second-order valence-electron chi connectivity index (χ2n) is 3.90. The molecular weight excluding hydrogens is 232 g/mol. The van der Waals surface area contributed by atoms with Crippen molar-refractivity contribution in [1.29, 1.82) is 0 Å². The molecule has 0 bridgehead atoms. The number of anilines is 1. The van der Waals surface area contributed by atoms with Crippen LogP contribution in [-0.2, 0) is 0 Å². The van der Waals surface area contributed by atoms with Crippen molar-refractivity contribution < 1.29 is 15.0 Å². The molecule has 5 nitrogen and oxygen atoms in total. The molecular formula is C10H11ClN2O3. The van der Waals surface area contributed by atoms with Gasteiger partial charge in [0.25, 0.3) is 0 Å². The number of hydrogen-bond acceptors (Lipinski definition) is 4. The second kappa shape index (κ2) is 3.92. The molecule has 1 fully saturated rings. The highest BCUT2D eigenvalue weighted by Crippen LogP contribution is 2.38. The van der Waals surface area contributed by atoms with Crippen LogP contribution in [0.1, 0.15) is 23.3 Å². The van der Waals surface area contributed by atoms with Crippen molar-refractivity contribution in [3.8, 4) is 0 Å². The highest BCUT2D eigenvalue weighted by atomic mass is 35.5. The maximum Gasteiger partial charge on any atom is 0.356 e. The molecule has 1 saturated carbocycles. The maximum atomic E-state index is 10.8. The fourth-order valence-electron chi connectivity index (χ4n) is 1.41. The van der Waals surface area contributed by atoms with E-state index < -0.39 is 5.97 Å². The van der Waals surface area contributed by atoms with E-state index >= 15 is 0 Å². The minimum atomic E-state index is -1.16. The summed E-state index contributed by atoms with van der Waals surface area (Å²) in [5.41, 5.74) is -0.503. The molecule has 0 radical (unpaired) electrons. The molecule has 0 unspecified atom stereocenters. The summed E-state index contributed by atoms with van der Waals surface area (Å²) < 4.78 is 0. The molecule has 0 aromatic carbocycles. The summed E-state index contributed by atoms with van der Waals surface area (Å²) in [6.07, 6.45) is 1.71. The van der Waals surface area contributed by atoms with Crippen LogP contribution in [0, 0.1) is 0 Å². The molecule has 1 heterocycles.